The van der Waals surface area contributed by atoms with Crippen molar-refractivity contribution in [2.24, 2.45) is 0 Å². The standard InChI is InChI=1S/C11H16O3/c1-9(12)10-5-3-4-6-11(10)14-8-7-13-2/h3-6,9,12H,7-8H2,1-2H3. The molecule has 1 aromatic rings. The monoisotopic (exact) mass is 196 g/mol. The summed E-state index contributed by atoms with van der Waals surface area (Å²) in [6.45, 7) is 2.77. The van der Waals surface area contributed by atoms with Gasteiger partial charge in [-0.05, 0) is 13.0 Å². The van der Waals surface area contributed by atoms with Crippen LogP contribution < -0.4 is 4.74 Å². The van der Waals surface area contributed by atoms with Crippen LogP contribution in [0.5, 0.6) is 5.75 Å². The number of hydrogen-bond donors (Lipinski definition) is 1. The predicted octanol–water partition coefficient (Wildman–Crippen LogP) is 1.77. The number of benzene rings is 1. The lowest BCUT2D eigenvalue weighted by molar-refractivity contribution is 0.141. The normalized spacial score (nSPS) is 12.5. The van der Waals surface area contributed by atoms with Crippen LogP contribution in [0.4, 0.5) is 0 Å². The SMILES string of the molecule is COCCOc1ccccc1C(C)O. The highest BCUT2D eigenvalue weighted by atomic mass is 16.5. The van der Waals surface area contributed by atoms with Crippen LogP contribution in [0.15, 0.2) is 24.3 Å². The molecule has 0 bridgehead atoms. The summed E-state index contributed by atoms with van der Waals surface area (Å²) in [5.41, 5.74) is 0.809. The highest BCUT2D eigenvalue weighted by Gasteiger charge is 2.07. The van der Waals surface area contributed by atoms with Gasteiger partial charge in [0.1, 0.15) is 12.4 Å². The molecule has 0 saturated carbocycles. The van der Waals surface area contributed by atoms with E-state index in [-0.39, 0.29) is 0 Å². The number of hydrogen-bond acceptors (Lipinski definition) is 3. The second-order valence-corrected chi connectivity index (χ2v) is 3.06. The molecule has 0 saturated heterocycles. The van der Waals surface area contributed by atoms with E-state index < -0.39 is 6.10 Å². The van der Waals surface area contributed by atoms with Crippen molar-refractivity contribution in [3.63, 3.8) is 0 Å². The largest absolute Gasteiger partial charge is 0.491 e. The van der Waals surface area contributed by atoms with E-state index in [1.54, 1.807) is 14.0 Å². The molecule has 1 aromatic carbocycles. The first kappa shape index (κ1) is 11.0. The number of methoxy groups -OCH3 is 1. The summed E-state index contributed by atoms with van der Waals surface area (Å²) in [6, 6.07) is 7.46. The second-order valence-electron chi connectivity index (χ2n) is 3.06. The Morgan fingerprint density at radius 2 is 2.00 bits per heavy atom. The molecule has 0 aliphatic heterocycles. The Labute approximate surface area is 84.3 Å². The van der Waals surface area contributed by atoms with E-state index >= 15 is 0 Å². The van der Waals surface area contributed by atoms with E-state index in [0.29, 0.717) is 13.2 Å². The van der Waals surface area contributed by atoms with Gasteiger partial charge in [-0.3, -0.25) is 0 Å². The number of rotatable bonds is 5. The van der Waals surface area contributed by atoms with Crippen molar-refractivity contribution in [2.45, 2.75) is 13.0 Å². The molecule has 0 aromatic heterocycles. The number of para-hydroxylation sites is 1. The zero-order chi connectivity index (χ0) is 10.4. The smallest absolute Gasteiger partial charge is 0.125 e. The van der Waals surface area contributed by atoms with Gasteiger partial charge in [-0.1, -0.05) is 18.2 Å². The summed E-state index contributed by atoms with van der Waals surface area (Å²) in [5.74, 6) is 0.722. The van der Waals surface area contributed by atoms with Crippen LogP contribution in [0, 0.1) is 0 Å². The maximum absolute atomic E-state index is 9.45. The van der Waals surface area contributed by atoms with Crippen LogP contribution in [-0.2, 0) is 4.74 Å². The first-order valence-corrected chi connectivity index (χ1v) is 4.64. The van der Waals surface area contributed by atoms with Crippen LogP contribution in [0.1, 0.15) is 18.6 Å². The molecule has 1 atom stereocenters. The van der Waals surface area contributed by atoms with E-state index in [4.69, 9.17) is 9.47 Å². The fraction of sp³-hybridized carbons (Fsp3) is 0.455. The zero-order valence-corrected chi connectivity index (χ0v) is 8.56. The summed E-state index contributed by atoms with van der Waals surface area (Å²) < 4.78 is 10.3. The third kappa shape index (κ3) is 3.01. The third-order valence-corrected chi connectivity index (χ3v) is 1.91. The average Bonchev–Trinajstić information content (AvgIpc) is 2.19. The van der Waals surface area contributed by atoms with Crippen LogP contribution in [0.25, 0.3) is 0 Å². The van der Waals surface area contributed by atoms with Crippen molar-refractivity contribution in [3.05, 3.63) is 29.8 Å². The molecule has 1 unspecified atom stereocenters. The van der Waals surface area contributed by atoms with Crippen molar-refractivity contribution in [1.29, 1.82) is 0 Å². The highest BCUT2D eigenvalue weighted by Crippen LogP contribution is 2.24. The molecule has 0 fully saturated rings. The minimum Gasteiger partial charge on any atom is -0.491 e. The zero-order valence-electron chi connectivity index (χ0n) is 8.56. The Kier molecular flexibility index (Phi) is 4.43. The second kappa shape index (κ2) is 5.62. The lowest BCUT2D eigenvalue weighted by Crippen LogP contribution is -2.06. The Bertz CT molecular complexity index is 271. The van der Waals surface area contributed by atoms with E-state index in [1.807, 2.05) is 24.3 Å². The minimum atomic E-state index is -0.506. The van der Waals surface area contributed by atoms with E-state index in [1.165, 1.54) is 0 Å². The van der Waals surface area contributed by atoms with Crippen LogP contribution >= 0.6 is 0 Å². The molecule has 0 aliphatic rings. The van der Waals surface area contributed by atoms with Gasteiger partial charge in [-0.2, -0.15) is 0 Å². The molecule has 0 aliphatic carbocycles. The van der Waals surface area contributed by atoms with Crippen LogP contribution in [0.3, 0.4) is 0 Å². The molecular formula is C11H16O3. The van der Waals surface area contributed by atoms with Gasteiger partial charge in [0.25, 0.3) is 0 Å². The summed E-state index contributed by atoms with van der Waals surface area (Å²) in [7, 11) is 1.63. The van der Waals surface area contributed by atoms with Gasteiger partial charge in [-0.25, -0.2) is 0 Å². The Balaban J connectivity index is 2.64. The number of aliphatic hydroxyl groups is 1. The minimum absolute atomic E-state index is 0.500. The van der Waals surface area contributed by atoms with E-state index in [0.717, 1.165) is 11.3 Å². The quantitative estimate of drug-likeness (QED) is 0.729. The molecule has 1 rings (SSSR count). The summed E-state index contributed by atoms with van der Waals surface area (Å²) in [5, 5.41) is 9.45. The van der Waals surface area contributed by atoms with Crippen LogP contribution in [0.2, 0.25) is 0 Å². The molecular weight excluding hydrogens is 180 g/mol. The first-order valence-electron chi connectivity index (χ1n) is 4.64. The van der Waals surface area contributed by atoms with Gasteiger partial charge in [0.15, 0.2) is 0 Å². The van der Waals surface area contributed by atoms with Crippen molar-refractivity contribution in [3.8, 4) is 5.75 Å². The molecule has 0 amide bonds. The molecule has 0 heterocycles. The average molecular weight is 196 g/mol. The third-order valence-electron chi connectivity index (χ3n) is 1.91. The van der Waals surface area contributed by atoms with Gasteiger partial charge in [0.05, 0.1) is 12.7 Å². The maximum atomic E-state index is 9.45. The Morgan fingerprint density at radius 1 is 1.29 bits per heavy atom. The molecule has 0 spiro atoms. The maximum Gasteiger partial charge on any atom is 0.125 e. The number of ether oxygens (including phenoxy) is 2. The first-order chi connectivity index (χ1) is 6.75. The topological polar surface area (TPSA) is 38.7 Å². The number of aliphatic hydroxyl groups excluding tert-OH is 1. The van der Waals surface area contributed by atoms with Crippen LogP contribution in [-0.4, -0.2) is 25.4 Å². The van der Waals surface area contributed by atoms with Gasteiger partial charge in [0, 0.05) is 12.7 Å². The molecule has 0 radical (unpaired) electrons. The van der Waals surface area contributed by atoms with Crippen molar-refractivity contribution in [1.82, 2.24) is 0 Å². The van der Waals surface area contributed by atoms with Gasteiger partial charge in [0.2, 0.25) is 0 Å². The highest BCUT2D eigenvalue weighted by molar-refractivity contribution is 5.34. The molecule has 14 heavy (non-hydrogen) atoms. The Hall–Kier alpha value is -1.06. The molecule has 1 N–H and O–H groups in total. The predicted molar refractivity (Wildman–Crippen MR) is 54.4 cm³/mol. The van der Waals surface area contributed by atoms with Crippen molar-refractivity contribution < 1.29 is 14.6 Å². The van der Waals surface area contributed by atoms with E-state index in [2.05, 4.69) is 0 Å². The lowest BCUT2D eigenvalue weighted by Gasteiger charge is -2.12. The van der Waals surface area contributed by atoms with Crippen molar-refractivity contribution in [2.75, 3.05) is 20.3 Å². The molecule has 78 valence electrons. The summed E-state index contributed by atoms with van der Waals surface area (Å²) >= 11 is 0. The van der Waals surface area contributed by atoms with E-state index in [9.17, 15) is 5.11 Å². The molecule has 3 heteroatoms. The van der Waals surface area contributed by atoms with Gasteiger partial charge < -0.3 is 14.6 Å². The van der Waals surface area contributed by atoms with Gasteiger partial charge >= 0.3 is 0 Å². The summed E-state index contributed by atoms with van der Waals surface area (Å²) in [6.07, 6.45) is -0.506. The fourth-order valence-corrected chi connectivity index (χ4v) is 1.19. The fourth-order valence-electron chi connectivity index (χ4n) is 1.19. The summed E-state index contributed by atoms with van der Waals surface area (Å²) in [4.78, 5) is 0. The lowest BCUT2D eigenvalue weighted by atomic mass is 10.1. The van der Waals surface area contributed by atoms with Gasteiger partial charge in [-0.15, -0.1) is 0 Å². The molecule has 3 nitrogen and oxygen atoms in total. The van der Waals surface area contributed by atoms with Crippen molar-refractivity contribution >= 4 is 0 Å². The Morgan fingerprint density at radius 3 is 2.64 bits per heavy atom.